The maximum atomic E-state index is 10.1. The smallest absolute Gasteiger partial charge is 0.191 e. The molecule has 1 aliphatic carbocycles. The highest BCUT2D eigenvalue weighted by atomic mass is 16.5. The molecule has 0 amide bonds. The number of nitrogens with zero attached hydrogens (tertiary/aromatic N) is 2. The summed E-state index contributed by atoms with van der Waals surface area (Å²) in [5, 5.41) is 17.0. The van der Waals surface area contributed by atoms with E-state index >= 15 is 0 Å². The second-order valence-corrected chi connectivity index (χ2v) is 7.73. The molecule has 0 spiro atoms. The minimum atomic E-state index is 0.249. The molecule has 0 bridgehead atoms. The number of ether oxygens (including phenoxy) is 1. The van der Waals surface area contributed by atoms with Gasteiger partial charge in [-0.3, -0.25) is 0 Å². The number of hydrogen-bond donors (Lipinski definition) is 3. The van der Waals surface area contributed by atoms with E-state index in [0.29, 0.717) is 12.6 Å². The first-order valence-electron chi connectivity index (χ1n) is 10.3. The molecule has 1 saturated carbocycles. The first kappa shape index (κ1) is 19.8. The maximum absolute atomic E-state index is 10.1. The van der Waals surface area contributed by atoms with Crippen molar-refractivity contribution in [2.24, 2.45) is 10.9 Å². The summed E-state index contributed by atoms with van der Waals surface area (Å²) in [5.74, 6) is 2.70. The number of phenols is 1. The molecule has 1 aromatic carbocycles. The summed E-state index contributed by atoms with van der Waals surface area (Å²) in [6, 6.07) is 5.68. The van der Waals surface area contributed by atoms with Crippen molar-refractivity contribution in [3.05, 3.63) is 23.8 Å². The molecule has 3 rings (SSSR count). The van der Waals surface area contributed by atoms with Crippen molar-refractivity contribution in [2.75, 3.05) is 33.3 Å². The topological polar surface area (TPSA) is 69.1 Å². The Morgan fingerprint density at radius 2 is 2.11 bits per heavy atom. The van der Waals surface area contributed by atoms with Crippen LogP contribution < -0.4 is 15.4 Å². The summed E-state index contributed by atoms with van der Waals surface area (Å²) in [6.45, 7) is 6.81. The molecule has 2 aliphatic rings. The van der Waals surface area contributed by atoms with Crippen LogP contribution in [0.2, 0.25) is 0 Å². The van der Waals surface area contributed by atoms with E-state index in [2.05, 4.69) is 27.4 Å². The van der Waals surface area contributed by atoms with Gasteiger partial charge < -0.3 is 25.4 Å². The summed E-state index contributed by atoms with van der Waals surface area (Å²) in [7, 11) is 1.63. The van der Waals surface area contributed by atoms with Gasteiger partial charge in [0.25, 0.3) is 0 Å². The van der Waals surface area contributed by atoms with Gasteiger partial charge in [-0.2, -0.15) is 0 Å². The second kappa shape index (κ2) is 9.83. The molecule has 6 nitrogen and oxygen atoms in total. The van der Waals surface area contributed by atoms with Crippen molar-refractivity contribution in [1.29, 1.82) is 0 Å². The minimum absolute atomic E-state index is 0.249. The number of rotatable bonds is 7. The Morgan fingerprint density at radius 1 is 1.30 bits per heavy atom. The number of methoxy groups -OCH3 is 1. The number of guanidine groups is 1. The van der Waals surface area contributed by atoms with Crippen LogP contribution in [-0.2, 0) is 6.54 Å². The van der Waals surface area contributed by atoms with Gasteiger partial charge >= 0.3 is 0 Å². The van der Waals surface area contributed by atoms with Crippen molar-refractivity contribution < 1.29 is 9.84 Å². The Kier molecular flexibility index (Phi) is 7.21. The van der Waals surface area contributed by atoms with Crippen molar-refractivity contribution in [1.82, 2.24) is 15.5 Å². The Morgan fingerprint density at radius 3 is 2.85 bits per heavy atom. The molecule has 1 heterocycles. The van der Waals surface area contributed by atoms with Crippen LogP contribution in [0.5, 0.6) is 11.5 Å². The van der Waals surface area contributed by atoms with Crippen LogP contribution in [0.1, 0.15) is 44.6 Å². The van der Waals surface area contributed by atoms with E-state index in [4.69, 9.17) is 4.74 Å². The van der Waals surface area contributed by atoms with Crippen LogP contribution in [0.15, 0.2) is 23.2 Å². The molecule has 0 radical (unpaired) electrons. The molecule has 1 atom stereocenters. The zero-order valence-electron chi connectivity index (χ0n) is 16.7. The summed E-state index contributed by atoms with van der Waals surface area (Å²) < 4.78 is 5.24. The number of nitrogens with one attached hydrogen (secondary N) is 2. The molecule has 1 saturated heterocycles. The van der Waals surface area contributed by atoms with E-state index in [1.807, 2.05) is 6.07 Å². The SMILES string of the molecule is CCNC(=NCc1cc(OC)ccc1O)NC1CCN(CC2CCCC2)C1. The monoisotopic (exact) mass is 374 g/mol. The van der Waals surface area contributed by atoms with E-state index in [9.17, 15) is 5.11 Å². The molecular formula is C21H34N4O2. The molecule has 1 aliphatic heterocycles. The normalized spacial score (nSPS) is 21.6. The summed E-state index contributed by atoms with van der Waals surface area (Å²) in [6.07, 6.45) is 6.79. The lowest BCUT2D eigenvalue weighted by Gasteiger charge is -2.21. The lowest BCUT2D eigenvalue weighted by Crippen LogP contribution is -2.44. The predicted octanol–water partition coefficient (Wildman–Crippen LogP) is 2.72. The fraction of sp³-hybridized carbons (Fsp3) is 0.667. The van der Waals surface area contributed by atoms with E-state index < -0.39 is 0 Å². The van der Waals surface area contributed by atoms with Crippen LogP contribution in [0.25, 0.3) is 0 Å². The van der Waals surface area contributed by atoms with Gasteiger partial charge in [-0.05, 0) is 50.3 Å². The number of likely N-dealkylation sites (tertiary alicyclic amines) is 1. The molecule has 6 heteroatoms. The predicted molar refractivity (Wildman–Crippen MR) is 109 cm³/mol. The largest absolute Gasteiger partial charge is 0.508 e. The molecule has 0 aromatic heterocycles. The molecular weight excluding hydrogens is 340 g/mol. The number of phenolic OH excluding ortho intramolecular Hbond substituents is 1. The number of aromatic hydroxyl groups is 1. The van der Waals surface area contributed by atoms with Gasteiger partial charge in [0.2, 0.25) is 0 Å². The van der Waals surface area contributed by atoms with E-state index in [1.54, 1.807) is 19.2 Å². The Bertz CT molecular complexity index is 629. The maximum Gasteiger partial charge on any atom is 0.191 e. The van der Waals surface area contributed by atoms with Gasteiger partial charge in [0.15, 0.2) is 5.96 Å². The van der Waals surface area contributed by atoms with Crippen molar-refractivity contribution in [3.8, 4) is 11.5 Å². The Labute approximate surface area is 163 Å². The molecule has 1 unspecified atom stereocenters. The molecule has 1 aromatic rings. The first-order chi connectivity index (χ1) is 13.2. The number of aliphatic imine (C=N–C) groups is 1. The lowest BCUT2D eigenvalue weighted by atomic mass is 10.1. The zero-order chi connectivity index (χ0) is 19.1. The van der Waals surface area contributed by atoms with Gasteiger partial charge in [-0.25, -0.2) is 4.99 Å². The van der Waals surface area contributed by atoms with Crippen LogP contribution in [-0.4, -0.2) is 55.3 Å². The highest BCUT2D eigenvalue weighted by Crippen LogP contribution is 2.27. The third-order valence-corrected chi connectivity index (χ3v) is 5.64. The van der Waals surface area contributed by atoms with Gasteiger partial charge in [0, 0.05) is 37.8 Å². The van der Waals surface area contributed by atoms with Crippen molar-refractivity contribution in [2.45, 2.75) is 51.6 Å². The zero-order valence-corrected chi connectivity index (χ0v) is 16.7. The highest BCUT2D eigenvalue weighted by Gasteiger charge is 2.26. The van der Waals surface area contributed by atoms with Gasteiger partial charge in [0.1, 0.15) is 11.5 Å². The van der Waals surface area contributed by atoms with Crippen molar-refractivity contribution in [3.63, 3.8) is 0 Å². The lowest BCUT2D eigenvalue weighted by molar-refractivity contribution is 0.275. The molecule has 150 valence electrons. The number of benzene rings is 1. The standard InChI is InChI=1S/C21H34N4O2/c1-3-22-21(23-13-17-12-19(27-2)8-9-20(17)26)24-18-10-11-25(15-18)14-16-6-4-5-7-16/h8-9,12,16,18,26H,3-7,10-11,13-15H2,1-2H3,(H2,22,23,24). The first-order valence-corrected chi connectivity index (χ1v) is 10.3. The Hall–Kier alpha value is -1.95. The van der Waals surface area contributed by atoms with Gasteiger partial charge in [-0.1, -0.05) is 12.8 Å². The number of hydrogen-bond acceptors (Lipinski definition) is 4. The fourth-order valence-corrected chi connectivity index (χ4v) is 4.17. The van der Waals surface area contributed by atoms with E-state index in [0.717, 1.165) is 42.7 Å². The second-order valence-electron chi connectivity index (χ2n) is 7.73. The van der Waals surface area contributed by atoms with Crippen LogP contribution in [0.4, 0.5) is 0 Å². The van der Waals surface area contributed by atoms with Gasteiger partial charge in [-0.15, -0.1) is 0 Å². The summed E-state index contributed by atoms with van der Waals surface area (Å²) in [4.78, 5) is 7.27. The quantitative estimate of drug-likeness (QED) is 0.506. The summed E-state index contributed by atoms with van der Waals surface area (Å²) in [5.41, 5.74) is 0.765. The van der Waals surface area contributed by atoms with Crippen LogP contribution in [0.3, 0.4) is 0 Å². The molecule has 27 heavy (non-hydrogen) atoms. The van der Waals surface area contributed by atoms with Crippen molar-refractivity contribution >= 4 is 5.96 Å². The molecule has 3 N–H and O–H groups in total. The van der Waals surface area contributed by atoms with Gasteiger partial charge in [0.05, 0.1) is 13.7 Å². The van der Waals surface area contributed by atoms with Crippen LogP contribution >= 0.6 is 0 Å². The average molecular weight is 375 g/mol. The molecule has 2 fully saturated rings. The fourth-order valence-electron chi connectivity index (χ4n) is 4.17. The highest BCUT2D eigenvalue weighted by molar-refractivity contribution is 5.80. The Balaban J connectivity index is 1.54. The van der Waals surface area contributed by atoms with E-state index in [1.165, 1.54) is 38.8 Å². The minimum Gasteiger partial charge on any atom is -0.508 e. The van der Waals surface area contributed by atoms with Crippen LogP contribution in [0, 0.1) is 5.92 Å². The average Bonchev–Trinajstić information content (AvgIpc) is 3.33. The summed E-state index contributed by atoms with van der Waals surface area (Å²) >= 11 is 0. The third-order valence-electron chi connectivity index (χ3n) is 5.64. The third kappa shape index (κ3) is 5.76. The van der Waals surface area contributed by atoms with E-state index in [-0.39, 0.29) is 5.75 Å².